The summed E-state index contributed by atoms with van der Waals surface area (Å²) in [6.45, 7) is 8.15. The Labute approximate surface area is 168 Å². The van der Waals surface area contributed by atoms with Gasteiger partial charge in [0.05, 0.1) is 0 Å². The largest absolute Gasteiger partial charge is 0.368 e. The molecule has 1 aliphatic heterocycles. The average molecular weight is 387 g/mol. The summed E-state index contributed by atoms with van der Waals surface area (Å²) in [5, 5.41) is 3.33. The van der Waals surface area contributed by atoms with E-state index in [9.17, 15) is 0 Å². The predicted molar refractivity (Wildman–Crippen MR) is 115 cm³/mol. The first-order chi connectivity index (χ1) is 13.4. The maximum Gasteiger partial charge on any atom is 0.223 e. The first kappa shape index (κ1) is 20.4. The molecule has 0 saturated carbocycles. The van der Waals surface area contributed by atoms with E-state index in [4.69, 9.17) is 10.7 Å². The van der Waals surface area contributed by atoms with Gasteiger partial charge >= 0.3 is 0 Å². The number of imidazole rings is 1. The summed E-state index contributed by atoms with van der Waals surface area (Å²) in [5.41, 5.74) is 5.97. The van der Waals surface area contributed by atoms with Gasteiger partial charge in [-0.15, -0.1) is 0 Å². The Morgan fingerprint density at radius 1 is 1.32 bits per heavy atom. The maximum absolute atomic E-state index is 5.97. The topological polar surface area (TPSA) is 88.1 Å². The lowest BCUT2D eigenvalue weighted by Crippen LogP contribution is -2.36. The molecule has 0 amide bonds. The molecule has 0 radical (unpaired) electrons. The van der Waals surface area contributed by atoms with E-state index in [0.717, 1.165) is 57.1 Å². The van der Waals surface area contributed by atoms with Crippen molar-refractivity contribution in [1.29, 1.82) is 0 Å². The van der Waals surface area contributed by atoms with Crippen LogP contribution in [0.2, 0.25) is 0 Å². The molecule has 154 valence electrons. The number of aromatic nitrogens is 4. The number of nitrogens with one attached hydrogen (secondary N) is 1. The zero-order chi connectivity index (χ0) is 20.1. The Morgan fingerprint density at radius 2 is 2.14 bits per heavy atom. The summed E-state index contributed by atoms with van der Waals surface area (Å²) in [5.74, 6) is 3.58. The lowest BCUT2D eigenvalue weighted by Gasteiger charge is -2.33. The molecule has 3 heterocycles. The molecule has 0 aromatic carbocycles. The Morgan fingerprint density at radius 3 is 2.89 bits per heavy atom. The van der Waals surface area contributed by atoms with E-state index < -0.39 is 0 Å². The Bertz CT molecular complexity index is 754. The van der Waals surface area contributed by atoms with Crippen molar-refractivity contribution in [2.24, 2.45) is 0 Å². The van der Waals surface area contributed by atoms with Crippen LogP contribution in [-0.4, -0.2) is 64.2 Å². The van der Waals surface area contributed by atoms with Crippen molar-refractivity contribution in [2.75, 3.05) is 49.7 Å². The van der Waals surface area contributed by atoms with Gasteiger partial charge in [-0.05, 0) is 53.8 Å². The molecular weight excluding hydrogens is 352 g/mol. The van der Waals surface area contributed by atoms with Gasteiger partial charge in [-0.1, -0.05) is 0 Å². The number of nitrogens with two attached hydrogens (primary N) is 1. The van der Waals surface area contributed by atoms with Crippen LogP contribution in [0.1, 0.15) is 44.9 Å². The zero-order valence-electron chi connectivity index (χ0n) is 17.6. The molecule has 3 rings (SSSR count). The minimum Gasteiger partial charge on any atom is -0.368 e. The highest BCUT2D eigenvalue weighted by Gasteiger charge is 2.26. The van der Waals surface area contributed by atoms with Crippen LogP contribution in [0.3, 0.4) is 0 Å². The van der Waals surface area contributed by atoms with Crippen molar-refractivity contribution < 1.29 is 0 Å². The summed E-state index contributed by atoms with van der Waals surface area (Å²) >= 11 is 0. The third kappa shape index (κ3) is 5.34. The quantitative estimate of drug-likeness (QED) is 0.720. The summed E-state index contributed by atoms with van der Waals surface area (Å²) in [6.07, 6.45) is 7.43. The summed E-state index contributed by atoms with van der Waals surface area (Å²) in [4.78, 5) is 18.0. The van der Waals surface area contributed by atoms with Crippen molar-refractivity contribution in [3.8, 4) is 0 Å². The van der Waals surface area contributed by atoms with Gasteiger partial charge in [0.15, 0.2) is 0 Å². The van der Waals surface area contributed by atoms with E-state index in [-0.39, 0.29) is 0 Å². The van der Waals surface area contributed by atoms with E-state index in [0.29, 0.717) is 17.9 Å². The van der Waals surface area contributed by atoms with Crippen LogP contribution in [0.4, 0.5) is 17.6 Å². The predicted octanol–water partition coefficient (Wildman–Crippen LogP) is 2.41. The molecule has 1 atom stereocenters. The average Bonchev–Trinajstić information content (AvgIpc) is 3.09. The van der Waals surface area contributed by atoms with E-state index in [2.05, 4.69) is 63.8 Å². The van der Waals surface area contributed by atoms with Crippen LogP contribution in [0.25, 0.3) is 0 Å². The van der Waals surface area contributed by atoms with Crippen LogP contribution in [0.15, 0.2) is 18.5 Å². The van der Waals surface area contributed by atoms with E-state index in [1.165, 1.54) is 5.82 Å². The molecule has 8 heteroatoms. The second kappa shape index (κ2) is 9.23. The van der Waals surface area contributed by atoms with Crippen molar-refractivity contribution in [2.45, 2.75) is 51.6 Å². The number of hydrogen-bond donors (Lipinski definition) is 2. The molecule has 2 aromatic rings. The smallest absolute Gasteiger partial charge is 0.223 e. The molecule has 1 saturated heterocycles. The molecule has 1 fully saturated rings. The van der Waals surface area contributed by atoms with Crippen molar-refractivity contribution in [3.63, 3.8) is 0 Å². The van der Waals surface area contributed by atoms with Gasteiger partial charge in [-0.3, -0.25) is 0 Å². The molecule has 0 spiro atoms. The van der Waals surface area contributed by atoms with Crippen molar-refractivity contribution in [3.05, 3.63) is 24.3 Å². The highest BCUT2D eigenvalue weighted by Crippen LogP contribution is 2.29. The van der Waals surface area contributed by atoms with Gasteiger partial charge in [-0.2, -0.15) is 9.97 Å². The number of anilines is 3. The van der Waals surface area contributed by atoms with Gasteiger partial charge < -0.3 is 25.4 Å². The van der Waals surface area contributed by atoms with Gasteiger partial charge in [-0.25, -0.2) is 4.98 Å². The lowest BCUT2D eigenvalue weighted by atomic mass is 9.97. The lowest BCUT2D eigenvalue weighted by molar-refractivity contribution is 0.380. The molecule has 8 nitrogen and oxygen atoms in total. The van der Waals surface area contributed by atoms with Crippen LogP contribution < -0.4 is 16.0 Å². The Kier molecular flexibility index (Phi) is 6.72. The fourth-order valence-corrected chi connectivity index (χ4v) is 3.81. The highest BCUT2D eigenvalue weighted by atomic mass is 15.2. The Hall–Kier alpha value is -2.35. The number of hydrogen-bond acceptors (Lipinski definition) is 7. The molecule has 2 aromatic heterocycles. The molecule has 0 aliphatic carbocycles. The molecule has 0 unspecified atom stereocenters. The normalized spacial score (nSPS) is 17.5. The van der Waals surface area contributed by atoms with Crippen LogP contribution in [0, 0.1) is 0 Å². The van der Waals surface area contributed by atoms with Crippen molar-refractivity contribution >= 4 is 17.6 Å². The fourth-order valence-electron chi connectivity index (χ4n) is 3.81. The SMILES string of the molecule is CC(C)Nc1cc(N2CCC[C@H](c3nccn3CCCN(C)C)C2)nc(N)n1. The monoisotopic (exact) mass is 386 g/mol. The number of piperidine rings is 1. The zero-order valence-corrected chi connectivity index (χ0v) is 17.6. The summed E-state index contributed by atoms with van der Waals surface area (Å²) in [6, 6.07) is 2.30. The molecule has 3 N–H and O–H groups in total. The van der Waals surface area contributed by atoms with Crippen molar-refractivity contribution in [1.82, 2.24) is 24.4 Å². The highest BCUT2D eigenvalue weighted by molar-refractivity contribution is 5.53. The Balaban J connectivity index is 1.71. The molecule has 0 bridgehead atoms. The van der Waals surface area contributed by atoms with E-state index in [1.54, 1.807) is 0 Å². The number of rotatable bonds is 8. The fraction of sp³-hybridized carbons (Fsp3) is 0.650. The minimum absolute atomic E-state index is 0.297. The second-order valence-corrected chi connectivity index (χ2v) is 8.19. The van der Waals surface area contributed by atoms with Crippen LogP contribution in [-0.2, 0) is 6.54 Å². The summed E-state index contributed by atoms with van der Waals surface area (Å²) in [7, 11) is 4.23. The van der Waals surface area contributed by atoms with Crippen LogP contribution >= 0.6 is 0 Å². The van der Waals surface area contributed by atoms with Gasteiger partial charge in [0.25, 0.3) is 0 Å². The number of nitrogens with zero attached hydrogens (tertiary/aromatic N) is 6. The van der Waals surface area contributed by atoms with Crippen LogP contribution in [0.5, 0.6) is 0 Å². The van der Waals surface area contributed by atoms with Gasteiger partial charge in [0, 0.05) is 50.1 Å². The molecule has 1 aliphatic rings. The van der Waals surface area contributed by atoms with E-state index in [1.807, 2.05) is 12.3 Å². The minimum atomic E-state index is 0.297. The third-order valence-corrected chi connectivity index (χ3v) is 5.03. The standard InChI is InChI=1S/C20H34N8/c1-15(2)23-17-13-18(25-20(21)24-17)28-10-5-7-16(14-28)19-22-8-12-27(19)11-6-9-26(3)4/h8,12-13,15-16H,5-7,9-11,14H2,1-4H3,(H3,21,23,24,25)/t16-/m0/s1. The number of aryl methyl sites for hydroxylation is 1. The second-order valence-electron chi connectivity index (χ2n) is 8.19. The summed E-state index contributed by atoms with van der Waals surface area (Å²) < 4.78 is 2.32. The first-order valence-electron chi connectivity index (χ1n) is 10.2. The number of nitrogen functional groups attached to an aromatic ring is 1. The third-order valence-electron chi connectivity index (χ3n) is 5.03. The first-order valence-corrected chi connectivity index (χ1v) is 10.2. The van der Waals surface area contributed by atoms with Gasteiger partial charge in [0.1, 0.15) is 17.5 Å². The molecule has 28 heavy (non-hydrogen) atoms. The van der Waals surface area contributed by atoms with E-state index >= 15 is 0 Å². The van der Waals surface area contributed by atoms with Gasteiger partial charge in [0.2, 0.25) is 5.95 Å². The maximum atomic E-state index is 5.97. The molecular formula is C20H34N8.